The summed E-state index contributed by atoms with van der Waals surface area (Å²) in [5.74, 6) is 0.484. The summed E-state index contributed by atoms with van der Waals surface area (Å²) in [5.41, 5.74) is 6.82. The highest BCUT2D eigenvalue weighted by atomic mass is 16.6. The number of fused-ring (bicyclic) bond motifs is 5. The summed E-state index contributed by atoms with van der Waals surface area (Å²) >= 11 is 0. The normalized spacial score (nSPS) is 29.0. The molecule has 3 N–H and O–H groups in total. The average molecular weight is 666 g/mol. The van der Waals surface area contributed by atoms with Gasteiger partial charge in [-0.25, -0.2) is 9.78 Å². The number of nitrogens with zero attached hydrogens (tertiary/aromatic N) is 3. The highest BCUT2D eigenvalue weighted by Crippen LogP contribution is 2.40. The number of carbonyl (C=O) groups is 3. The van der Waals surface area contributed by atoms with Crippen LogP contribution in [0.15, 0.2) is 24.3 Å². The fourth-order valence-electron chi connectivity index (χ4n) is 7.24. The van der Waals surface area contributed by atoms with Crippen LogP contribution >= 0.6 is 0 Å². The molecule has 4 heterocycles. The van der Waals surface area contributed by atoms with Gasteiger partial charge in [-0.1, -0.05) is 52.7 Å². The molecule has 262 valence electrons. The van der Waals surface area contributed by atoms with Crippen LogP contribution in [0.25, 0.3) is 10.9 Å². The lowest BCUT2D eigenvalue weighted by molar-refractivity contribution is -0.141. The molecular formula is C36H51N5O7. The minimum atomic E-state index is -0.929. The van der Waals surface area contributed by atoms with Crippen LogP contribution in [-0.2, 0) is 25.5 Å². The van der Waals surface area contributed by atoms with E-state index in [1.54, 1.807) is 0 Å². The summed E-state index contributed by atoms with van der Waals surface area (Å²) < 4.78 is 25.1. The van der Waals surface area contributed by atoms with E-state index in [2.05, 4.69) is 17.1 Å². The van der Waals surface area contributed by atoms with Crippen LogP contribution in [-0.4, -0.2) is 102 Å². The number of hydrogen-bond acceptors (Lipinski definition) is 9. The van der Waals surface area contributed by atoms with Gasteiger partial charge in [0.25, 0.3) is 0 Å². The first-order valence-corrected chi connectivity index (χ1v) is 17.6. The Morgan fingerprint density at radius 3 is 2.69 bits per heavy atom. The zero-order chi connectivity index (χ0) is 34.0. The largest absolute Gasteiger partial charge is 0.490 e. The van der Waals surface area contributed by atoms with Gasteiger partial charge in [-0.2, -0.15) is 0 Å². The number of nitrogens with one attached hydrogen (secondary N) is 1. The Balaban J connectivity index is 1.34. The molecule has 0 radical (unpaired) electrons. The predicted octanol–water partition coefficient (Wildman–Crippen LogP) is 3.81. The molecule has 6 rings (SSSR count). The number of morpholine rings is 1. The van der Waals surface area contributed by atoms with Crippen LogP contribution in [0.2, 0.25) is 0 Å². The fraction of sp³-hybridized carbons (Fsp3) is 0.667. The number of rotatable bonds is 5. The number of alkyl carbamates (subject to hydrolysis) is 1. The van der Waals surface area contributed by atoms with Crippen LogP contribution in [0, 0.1) is 11.3 Å². The maximum absolute atomic E-state index is 14.1. The number of carbonyl (C=O) groups excluding carboxylic acids is 3. The molecule has 1 aromatic heterocycles. The van der Waals surface area contributed by atoms with E-state index in [0.717, 1.165) is 74.0 Å². The second-order valence-electron chi connectivity index (χ2n) is 14.8. The van der Waals surface area contributed by atoms with Crippen molar-refractivity contribution in [3.8, 4) is 11.6 Å². The topological polar surface area (TPSA) is 146 Å². The number of primary amides is 1. The maximum Gasteiger partial charge on any atom is 0.408 e. The molecule has 2 saturated heterocycles. The number of ether oxygens (including phenoxy) is 4. The van der Waals surface area contributed by atoms with Gasteiger partial charge < -0.3 is 34.9 Å². The van der Waals surface area contributed by atoms with Crippen molar-refractivity contribution in [2.75, 3.05) is 39.4 Å². The van der Waals surface area contributed by atoms with Crippen molar-refractivity contribution in [2.24, 2.45) is 17.1 Å². The number of aromatic nitrogens is 1. The number of benzene rings is 1. The minimum absolute atomic E-state index is 0.0582. The van der Waals surface area contributed by atoms with Crippen LogP contribution < -0.4 is 20.5 Å². The van der Waals surface area contributed by atoms with Crippen molar-refractivity contribution in [1.29, 1.82) is 0 Å². The molecule has 4 aliphatic rings. The number of pyridine rings is 1. The van der Waals surface area contributed by atoms with E-state index in [1.165, 1.54) is 4.90 Å². The number of likely N-dealkylation sites (N-methyl/N-ethyl adjacent to an activating group) is 1. The van der Waals surface area contributed by atoms with Crippen molar-refractivity contribution in [1.82, 2.24) is 20.1 Å². The lowest BCUT2D eigenvalue weighted by atomic mass is 9.85. The molecule has 12 nitrogen and oxygen atoms in total. The molecule has 3 aliphatic heterocycles. The Hall–Kier alpha value is -3.64. The Morgan fingerprint density at radius 1 is 1.10 bits per heavy atom. The van der Waals surface area contributed by atoms with Gasteiger partial charge in [0.05, 0.1) is 24.2 Å². The zero-order valence-corrected chi connectivity index (χ0v) is 28.7. The molecule has 2 bridgehead atoms. The van der Waals surface area contributed by atoms with Crippen molar-refractivity contribution < 1.29 is 33.3 Å². The molecule has 2 aromatic rings. The highest BCUT2D eigenvalue weighted by molar-refractivity contribution is 5.92. The predicted molar refractivity (Wildman–Crippen MR) is 180 cm³/mol. The minimum Gasteiger partial charge on any atom is -0.490 e. The first-order chi connectivity index (χ1) is 23.0. The molecule has 1 aliphatic carbocycles. The van der Waals surface area contributed by atoms with Crippen LogP contribution in [0.5, 0.6) is 11.6 Å². The Kier molecular flexibility index (Phi) is 10.3. The Bertz CT molecular complexity index is 1500. The summed E-state index contributed by atoms with van der Waals surface area (Å²) in [6, 6.07) is 6.06. The van der Waals surface area contributed by atoms with Crippen molar-refractivity contribution >= 4 is 28.8 Å². The first-order valence-electron chi connectivity index (χ1n) is 17.6. The van der Waals surface area contributed by atoms with Gasteiger partial charge in [0.15, 0.2) is 0 Å². The lowest BCUT2D eigenvalue weighted by Crippen LogP contribution is -2.57. The van der Waals surface area contributed by atoms with E-state index >= 15 is 0 Å². The van der Waals surface area contributed by atoms with E-state index < -0.39 is 41.5 Å². The molecular weight excluding hydrogens is 614 g/mol. The Morgan fingerprint density at radius 2 is 1.92 bits per heavy atom. The summed E-state index contributed by atoms with van der Waals surface area (Å²) in [5, 5.41) is 3.72. The van der Waals surface area contributed by atoms with Crippen molar-refractivity contribution in [2.45, 2.75) is 103 Å². The molecule has 6 atom stereocenters. The quantitative estimate of drug-likeness (QED) is 0.487. The second kappa shape index (κ2) is 14.5. The van der Waals surface area contributed by atoms with Gasteiger partial charge in [-0.05, 0) is 55.7 Å². The summed E-state index contributed by atoms with van der Waals surface area (Å²) in [4.78, 5) is 48.6. The Labute approximate surface area is 283 Å². The molecule has 48 heavy (non-hydrogen) atoms. The number of para-hydroxylation sites is 1. The van der Waals surface area contributed by atoms with Gasteiger partial charge in [0.2, 0.25) is 17.7 Å². The third-order valence-electron chi connectivity index (χ3n) is 10.1. The molecule has 0 spiro atoms. The highest BCUT2D eigenvalue weighted by Gasteiger charge is 2.47. The van der Waals surface area contributed by atoms with E-state index in [-0.39, 0.29) is 25.2 Å². The molecule has 1 aromatic carbocycles. The standard InChI is InChI=1S/C36H51N5O7/c1-5-40-15-16-45-24(19-40)21-46-30-25-12-9-10-14-27(25)38-33-26(30)13-8-6-7-11-22-17-29(22)48-35(44)39-31(36(2,3)4)34(43)41-20-23(47-33)18-28(41)32(37)42/h9-10,12,14,22-24,28-29,31H,5-8,11,13,15-21H2,1-4H3,(H2,37,42)(H,39,44)/t22-,23-,24?,28+,29-,31-/m1/s1. The van der Waals surface area contributed by atoms with Crippen LogP contribution in [0.1, 0.15) is 71.8 Å². The SMILES string of the molecule is CCN1CCOC(COc2c3c(nc4ccccc24)O[C@@H]2C[C@@H](C(N)=O)N(C2)C(=O)[C@H](C(C)(C)C)NC(=O)O[C@@H]2C[C@H]2CCCCC3)C1. The van der Waals surface area contributed by atoms with Gasteiger partial charge in [-0.15, -0.1) is 0 Å². The smallest absolute Gasteiger partial charge is 0.408 e. The molecule has 1 saturated carbocycles. The third-order valence-corrected chi connectivity index (χ3v) is 10.1. The van der Waals surface area contributed by atoms with Crippen molar-refractivity contribution in [3.05, 3.63) is 29.8 Å². The molecule has 1 unspecified atom stereocenters. The zero-order valence-electron chi connectivity index (χ0n) is 28.7. The van der Waals surface area contributed by atoms with Gasteiger partial charge >= 0.3 is 6.09 Å². The lowest BCUT2D eigenvalue weighted by Gasteiger charge is -2.34. The average Bonchev–Trinajstić information content (AvgIpc) is 3.64. The monoisotopic (exact) mass is 665 g/mol. The van der Waals surface area contributed by atoms with E-state index in [0.29, 0.717) is 31.4 Å². The summed E-state index contributed by atoms with van der Waals surface area (Å²) in [6.07, 6.45) is 4.19. The van der Waals surface area contributed by atoms with Crippen molar-refractivity contribution in [3.63, 3.8) is 0 Å². The van der Waals surface area contributed by atoms with Gasteiger partial charge in [0.1, 0.15) is 42.8 Å². The van der Waals surface area contributed by atoms with E-state index in [9.17, 15) is 14.4 Å². The summed E-state index contributed by atoms with van der Waals surface area (Å²) in [7, 11) is 0. The van der Waals surface area contributed by atoms with E-state index in [4.69, 9.17) is 29.7 Å². The fourth-order valence-corrected chi connectivity index (χ4v) is 7.24. The van der Waals surface area contributed by atoms with Crippen LogP contribution in [0.4, 0.5) is 4.79 Å². The van der Waals surface area contributed by atoms with E-state index in [1.807, 2.05) is 45.0 Å². The maximum atomic E-state index is 14.1. The van der Waals surface area contributed by atoms with Gasteiger partial charge in [0, 0.05) is 24.9 Å². The molecule has 3 amide bonds. The molecule has 12 heteroatoms. The molecule has 3 fully saturated rings. The third kappa shape index (κ3) is 7.80. The number of amides is 3. The van der Waals surface area contributed by atoms with Gasteiger partial charge in [-0.3, -0.25) is 14.5 Å². The number of nitrogens with two attached hydrogens (primary N) is 1. The first kappa shape index (κ1) is 34.2. The van der Waals surface area contributed by atoms with Crippen LogP contribution in [0.3, 0.4) is 0 Å². The number of hydrogen-bond donors (Lipinski definition) is 2. The second-order valence-corrected chi connectivity index (χ2v) is 14.8. The summed E-state index contributed by atoms with van der Waals surface area (Å²) in [6.45, 7) is 11.6.